The van der Waals surface area contributed by atoms with Crippen LogP contribution in [0, 0.1) is 6.92 Å². The SMILES string of the molecule is CNc1ncnc(N(CC(F)(F)F)C(C)C)c1C. The molecule has 0 radical (unpaired) electrons. The molecule has 0 saturated heterocycles. The van der Waals surface area contributed by atoms with Gasteiger partial charge in [-0.25, -0.2) is 9.97 Å². The van der Waals surface area contributed by atoms with Crippen LogP contribution in [0.15, 0.2) is 6.33 Å². The molecule has 0 aromatic carbocycles. The van der Waals surface area contributed by atoms with Crippen LogP contribution in [-0.2, 0) is 0 Å². The Bertz CT molecular complexity index is 404. The van der Waals surface area contributed by atoms with E-state index in [1.165, 1.54) is 11.2 Å². The molecular weight excluding hydrogens is 245 g/mol. The van der Waals surface area contributed by atoms with Crippen molar-refractivity contribution in [1.29, 1.82) is 0 Å². The number of nitrogens with zero attached hydrogens (tertiary/aromatic N) is 3. The number of rotatable bonds is 4. The number of nitrogens with one attached hydrogen (secondary N) is 1. The molecular formula is C11H17F3N4. The maximum atomic E-state index is 12.6. The molecule has 1 rings (SSSR count). The first-order valence-corrected chi connectivity index (χ1v) is 5.59. The van der Waals surface area contributed by atoms with Gasteiger partial charge in [-0.15, -0.1) is 0 Å². The molecule has 4 nitrogen and oxygen atoms in total. The molecule has 0 aliphatic rings. The van der Waals surface area contributed by atoms with Gasteiger partial charge in [0.25, 0.3) is 0 Å². The summed E-state index contributed by atoms with van der Waals surface area (Å²) < 4.78 is 37.7. The predicted molar refractivity (Wildman–Crippen MR) is 64.9 cm³/mol. The van der Waals surface area contributed by atoms with Crippen molar-refractivity contribution in [1.82, 2.24) is 9.97 Å². The molecule has 1 heterocycles. The monoisotopic (exact) mass is 262 g/mol. The minimum absolute atomic E-state index is 0.301. The van der Waals surface area contributed by atoms with Crippen molar-refractivity contribution in [2.75, 3.05) is 23.8 Å². The summed E-state index contributed by atoms with van der Waals surface area (Å²) in [7, 11) is 1.67. The molecule has 0 spiro atoms. The average Bonchev–Trinajstić information content (AvgIpc) is 2.25. The smallest absolute Gasteiger partial charge is 0.373 e. The number of aromatic nitrogens is 2. The Kier molecular flexibility index (Phi) is 4.37. The fourth-order valence-electron chi connectivity index (χ4n) is 1.68. The van der Waals surface area contributed by atoms with E-state index < -0.39 is 12.7 Å². The van der Waals surface area contributed by atoms with E-state index in [2.05, 4.69) is 15.3 Å². The van der Waals surface area contributed by atoms with Crippen LogP contribution in [0.25, 0.3) is 0 Å². The highest BCUT2D eigenvalue weighted by molar-refractivity contribution is 5.58. The Hall–Kier alpha value is -1.53. The average molecular weight is 262 g/mol. The van der Waals surface area contributed by atoms with E-state index in [1.54, 1.807) is 27.8 Å². The zero-order valence-corrected chi connectivity index (χ0v) is 10.8. The van der Waals surface area contributed by atoms with Crippen molar-refractivity contribution < 1.29 is 13.2 Å². The van der Waals surface area contributed by atoms with Crippen molar-refractivity contribution in [3.63, 3.8) is 0 Å². The molecule has 1 N–H and O–H groups in total. The lowest BCUT2D eigenvalue weighted by molar-refractivity contribution is -0.120. The molecule has 0 aliphatic carbocycles. The van der Waals surface area contributed by atoms with Gasteiger partial charge in [-0.3, -0.25) is 0 Å². The zero-order valence-electron chi connectivity index (χ0n) is 10.8. The van der Waals surface area contributed by atoms with Gasteiger partial charge in [0.05, 0.1) is 0 Å². The Labute approximate surface area is 104 Å². The van der Waals surface area contributed by atoms with E-state index >= 15 is 0 Å². The predicted octanol–water partition coefficient (Wildman–Crippen LogP) is 2.60. The fourth-order valence-corrected chi connectivity index (χ4v) is 1.68. The quantitative estimate of drug-likeness (QED) is 0.905. The van der Waals surface area contributed by atoms with Gasteiger partial charge >= 0.3 is 6.18 Å². The number of anilines is 2. The third-order valence-electron chi connectivity index (χ3n) is 2.54. The van der Waals surface area contributed by atoms with Crippen molar-refractivity contribution >= 4 is 11.6 Å². The minimum atomic E-state index is -4.26. The molecule has 7 heteroatoms. The minimum Gasteiger partial charge on any atom is -0.373 e. The second-order valence-electron chi connectivity index (χ2n) is 4.26. The molecule has 0 amide bonds. The molecule has 1 aromatic heterocycles. The first-order valence-electron chi connectivity index (χ1n) is 5.59. The van der Waals surface area contributed by atoms with Gasteiger partial charge in [-0.05, 0) is 20.8 Å². The van der Waals surface area contributed by atoms with E-state index in [-0.39, 0.29) is 6.04 Å². The van der Waals surface area contributed by atoms with Gasteiger partial charge in [0, 0.05) is 18.7 Å². The van der Waals surface area contributed by atoms with E-state index in [9.17, 15) is 13.2 Å². The van der Waals surface area contributed by atoms with E-state index in [0.717, 1.165) is 0 Å². The highest BCUT2D eigenvalue weighted by Gasteiger charge is 2.33. The Morgan fingerprint density at radius 2 is 1.94 bits per heavy atom. The standard InChI is InChI=1S/C11H17F3N4/c1-7(2)18(5-11(12,13)14)10-8(3)9(15-4)16-6-17-10/h6-7H,5H2,1-4H3,(H,15,16,17). The second-order valence-corrected chi connectivity index (χ2v) is 4.26. The van der Waals surface area contributed by atoms with Crippen LogP contribution in [0.1, 0.15) is 19.4 Å². The topological polar surface area (TPSA) is 41.1 Å². The van der Waals surface area contributed by atoms with Crippen LogP contribution in [0.2, 0.25) is 0 Å². The van der Waals surface area contributed by atoms with Crippen molar-refractivity contribution in [3.8, 4) is 0 Å². The summed E-state index contributed by atoms with van der Waals surface area (Å²) in [4.78, 5) is 9.15. The third kappa shape index (κ3) is 3.48. The summed E-state index contributed by atoms with van der Waals surface area (Å²) in [5, 5.41) is 2.83. The lowest BCUT2D eigenvalue weighted by Crippen LogP contribution is -2.40. The summed E-state index contributed by atoms with van der Waals surface area (Å²) in [6.07, 6.45) is -3.00. The van der Waals surface area contributed by atoms with Crippen LogP contribution in [0.3, 0.4) is 0 Å². The fraction of sp³-hybridized carbons (Fsp3) is 0.636. The molecule has 0 saturated carbocycles. The van der Waals surface area contributed by atoms with E-state index in [0.29, 0.717) is 17.2 Å². The van der Waals surface area contributed by atoms with Crippen molar-refractivity contribution in [2.45, 2.75) is 33.0 Å². The molecule has 102 valence electrons. The van der Waals surface area contributed by atoms with Crippen LogP contribution in [-0.4, -0.2) is 35.8 Å². The third-order valence-corrected chi connectivity index (χ3v) is 2.54. The van der Waals surface area contributed by atoms with Gasteiger partial charge in [0.15, 0.2) is 0 Å². The summed E-state index contributed by atoms with van der Waals surface area (Å²) >= 11 is 0. The molecule has 0 bridgehead atoms. The van der Waals surface area contributed by atoms with Crippen LogP contribution < -0.4 is 10.2 Å². The maximum Gasteiger partial charge on any atom is 0.405 e. The zero-order chi connectivity index (χ0) is 13.9. The van der Waals surface area contributed by atoms with Gasteiger partial charge < -0.3 is 10.2 Å². The Balaban J connectivity index is 3.14. The summed E-state index contributed by atoms with van der Waals surface area (Å²) in [6, 6.07) is -0.301. The van der Waals surface area contributed by atoms with Crippen LogP contribution in [0.4, 0.5) is 24.8 Å². The highest BCUT2D eigenvalue weighted by Crippen LogP contribution is 2.27. The Morgan fingerprint density at radius 1 is 1.33 bits per heavy atom. The molecule has 0 aliphatic heterocycles. The normalized spacial score (nSPS) is 11.8. The summed E-state index contributed by atoms with van der Waals surface area (Å²) in [5.74, 6) is 0.842. The lowest BCUT2D eigenvalue weighted by atomic mass is 10.2. The van der Waals surface area contributed by atoms with E-state index in [4.69, 9.17) is 0 Å². The molecule has 0 fully saturated rings. The summed E-state index contributed by atoms with van der Waals surface area (Å²) in [6.45, 7) is 4.08. The van der Waals surface area contributed by atoms with Crippen LogP contribution >= 0.6 is 0 Å². The van der Waals surface area contributed by atoms with Gasteiger partial charge in [-0.2, -0.15) is 13.2 Å². The Morgan fingerprint density at radius 3 is 2.39 bits per heavy atom. The highest BCUT2D eigenvalue weighted by atomic mass is 19.4. The number of hydrogen-bond donors (Lipinski definition) is 1. The summed E-state index contributed by atoms with van der Waals surface area (Å²) in [5.41, 5.74) is 0.609. The van der Waals surface area contributed by atoms with E-state index in [1.807, 2.05) is 0 Å². The van der Waals surface area contributed by atoms with Gasteiger partial charge in [0.1, 0.15) is 24.5 Å². The van der Waals surface area contributed by atoms with Crippen molar-refractivity contribution in [2.24, 2.45) is 0 Å². The largest absolute Gasteiger partial charge is 0.405 e. The van der Waals surface area contributed by atoms with Gasteiger partial charge in [-0.1, -0.05) is 0 Å². The lowest BCUT2D eigenvalue weighted by Gasteiger charge is -2.30. The van der Waals surface area contributed by atoms with Crippen LogP contribution in [0.5, 0.6) is 0 Å². The molecule has 0 unspecified atom stereocenters. The number of hydrogen-bond acceptors (Lipinski definition) is 4. The number of halogens is 3. The first-order chi connectivity index (χ1) is 8.26. The van der Waals surface area contributed by atoms with Gasteiger partial charge in [0.2, 0.25) is 0 Å². The first kappa shape index (κ1) is 14.5. The molecule has 0 atom stereocenters. The number of alkyl halides is 3. The molecule has 1 aromatic rings. The van der Waals surface area contributed by atoms with Crippen molar-refractivity contribution in [3.05, 3.63) is 11.9 Å². The molecule has 18 heavy (non-hydrogen) atoms. The maximum absolute atomic E-state index is 12.6. The second kappa shape index (κ2) is 5.41.